The lowest BCUT2D eigenvalue weighted by Crippen LogP contribution is -2.36. The van der Waals surface area contributed by atoms with Crippen LogP contribution in [-0.2, 0) is 0 Å². The number of likely N-dealkylation sites (N-methyl/N-ethyl adjacent to an activating group) is 1. The van der Waals surface area contributed by atoms with Crippen LogP contribution in [0.3, 0.4) is 0 Å². The molecule has 2 aromatic carbocycles. The Morgan fingerprint density at radius 1 is 1.21 bits per heavy atom. The van der Waals surface area contributed by atoms with Crippen LogP contribution in [0.25, 0.3) is 0 Å². The molecular weight excluding hydrogens is 370 g/mol. The minimum Gasteiger partial charge on any atom is -0.497 e. The Bertz CT molecular complexity index is 691. The van der Waals surface area contributed by atoms with E-state index in [4.69, 9.17) is 4.74 Å². The summed E-state index contributed by atoms with van der Waals surface area (Å²) in [5.41, 5.74) is 1.82. The van der Waals surface area contributed by atoms with Crippen molar-refractivity contribution in [2.45, 2.75) is 6.04 Å². The second-order valence-electron chi connectivity index (χ2n) is 5.57. The summed E-state index contributed by atoms with van der Waals surface area (Å²) in [7, 11) is 5.61. The first-order valence-electron chi connectivity index (χ1n) is 7.61. The van der Waals surface area contributed by atoms with Crippen LogP contribution in [0.5, 0.6) is 5.75 Å². The van der Waals surface area contributed by atoms with Crippen molar-refractivity contribution in [3.63, 3.8) is 0 Å². The maximum absolute atomic E-state index is 12.2. The summed E-state index contributed by atoms with van der Waals surface area (Å²) in [5.74, 6) is 0.803. The molecule has 0 saturated carbocycles. The number of hydrogen-bond donors (Lipinski definition) is 2. The minimum atomic E-state index is -0.239. The number of halogens is 1. The van der Waals surface area contributed by atoms with Gasteiger partial charge in [-0.15, -0.1) is 0 Å². The average Bonchev–Trinajstić information content (AvgIpc) is 2.57. The average molecular weight is 392 g/mol. The van der Waals surface area contributed by atoms with E-state index in [0.29, 0.717) is 6.54 Å². The molecule has 0 heterocycles. The first-order chi connectivity index (χ1) is 11.5. The predicted molar refractivity (Wildman–Crippen MR) is 101 cm³/mol. The molecule has 2 rings (SSSR count). The summed E-state index contributed by atoms with van der Waals surface area (Å²) >= 11 is 3.42. The van der Waals surface area contributed by atoms with Crippen molar-refractivity contribution in [3.8, 4) is 5.75 Å². The van der Waals surface area contributed by atoms with Crippen LogP contribution in [0.15, 0.2) is 53.0 Å². The van der Waals surface area contributed by atoms with Gasteiger partial charge < -0.3 is 20.3 Å². The fourth-order valence-corrected chi connectivity index (χ4v) is 2.75. The largest absolute Gasteiger partial charge is 0.497 e. The number of ether oxygens (including phenoxy) is 1. The Morgan fingerprint density at radius 2 is 1.96 bits per heavy atom. The van der Waals surface area contributed by atoms with Crippen LogP contribution in [0.4, 0.5) is 10.5 Å². The van der Waals surface area contributed by atoms with Gasteiger partial charge >= 0.3 is 6.03 Å². The third-order valence-electron chi connectivity index (χ3n) is 3.68. The molecule has 0 radical (unpaired) electrons. The zero-order chi connectivity index (χ0) is 17.5. The zero-order valence-corrected chi connectivity index (χ0v) is 15.6. The summed E-state index contributed by atoms with van der Waals surface area (Å²) in [6.07, 6.45) is 0. The molecule has 0 aliphatic rings. The molecule has 1 atom stereocenters. The van der Waals surface area contributed by atoms with Crippen LogP contribution < -0.4 is 15.4 Å². The van der Waals surface area contributed by atoms with Crippen molar-refractivity contribution in [2.75, 3.05) is 33.1 Å². The van der Waals surface area contributed by atoms with Crippen LogP contribution >= 0.6 is 15.9 Å². The summed E-state index contributed by atoms with van der Waals surface area (Å²) in [4.78, 5) is 14.2. The smallest absolute Gasteiger partial charge is 0.319 e. The normalized spacial score (nSPS) is 11.9. The Morgan fingerprint density at radius 3 is 2.62 bits per heavy atom. The Balaban J connectivity index is 2.01. The number of carbonyl (C=O) groups excluding carboxylic acids is 1. The first kappa shape index (κ1) is 18.3. The van der Waals surface area contributed by atoms with Crippen molar-refractivity contribution < 1.29 is 9.53 Å². The molecule has 128 valence electrons. The highest BCUT2D eigenvalue weighted by molar-refractivity contribution is 9.10. The second kappa shape index (κ2) is 8.70. The molecule has 0 fully saturated rings. The van der Waals surface area contributed by atoms with E-state index in [2.05, 4.69) is 31.5 Å². The third-order valence-corrected chi connectivity index (χ3v) is 4.37. The molecule has 2 amide bonds. The van der Waals surface area contributed by atoms with Gasteiger partial charge in [-0.05, 0) is 59.9 Å². The maximum atomic E-state index is 12.2. The molecular formula is C18H22BrN3O2. The fraction of sp³-hybridized carbons (Fsp3) is 0.278. The van der Waals surface area contributed by atoms with Gasteiger partial charge in [-0.1, -0.05) is 24.3 Å². The molecule has 0 aromatic heterocycles. The third kappa shape index (κ3) is 4.97. The monoisotopic (exact) mass is 391 g/mol. The molecule has 6 heteroatoms. The van der Waals surface area contributed by atoms with Crippen LogP contribution in [0.1, 0.15) is 11.6 Å². The molecule has 2 aromatic rings. The van der Waals surface area contributed by atoms with E-state index in [9.17, 15) is 4.79 Å². The number of urea groups is 1. The highest BCUT2D eigenvalue weighted by Crippen LogP contribution is 2.23. The van der Waals surface area contributed by atoms with E-state index in [1.807, 2.05) is 62.6 Å². The SMILES string of the molecule is COc1cccc(C(CNC(=O)Nc2ccccc2Br)N(C)C)c1. The number of para-hydroxylation sites is 1. The molecule has 5 nitrogen and oxygen atoms in total. The number of nitrogens with one attached hydrogen (secondary N) is 2. The first-order valence-corrected chi connectivity index (χ1v) is 8.40. The molecule has 2 N–H and O–H groups in total. The summed E-state index contributed by atoms with van der Waals surface area (Å²) in [6, 6.07) is 15.2. The van der Waals surface area contributed by atoms with E-state index >= 15 is 0 Å². The number of benzene rings is 2. The van der Waals surface area contributed by atoms with Gasteiger partial charge in [-0.25, -0.2) is 4.79 Å². The van der Waals surface area contributed by atoms with Gasteiger partial charge in [0.1, 0.15) is 5.75 Å². The van der Waals surface area contributed by atoms with Crippen molar-refractivity contribution in [2.24, 2.45) is 0 Å². The number of amides is 2. The van der Waals surface area contributed by atoms with Gasteiger partial charge in [0, 0.05) is 11.0 Å². The predicted octanol–water partition coefficient (Wildman–Crippen LogP) is 3.88. The number of carbonyl (C=O) groups is 1. The topological polar surface area (TPSA) is 53.6 Å². The van der Waals surface area contributed by atoms with Gasteiger partial charge in [0.15, 0.2) is 0 Å². The fourth-order valence-electron chi connectivity index (χ4n) is 2.37. The Kier molecular flexibility index (Phi) is 6.63. The van der Waals surface area contributed by atoms with Crippen molar-refractivity contribution in [1.82, 2.24) is 10.2 Å². The highest BCUT2D eigenvalue weighted by Gasteiger charge is 2.16. The quantitative estimate of drug-likeness (QED) is 0.785. The van der Waals surface area contributed by atoms with Gasteiger partial charge in [0.25, 0.3) is 0 Å². The van der Waals surface area contributed by atoms with Crippen molar-refractivity contribution in [1.29, 1.82) is 0 Å². The summed E-state index contributed by atoms with van der Waals surface area (Å²) < 4.78 is 6.12. The number of methoxy groups -OCH3 is 1. The van der Waals surface area contributed by atoms with E-state index in [1.165, 1.54) is 0 Å². The standard InChI is InChI=1S/C18H22BrN3O2/c1-22(2)17(13-7-6-8-14(11-13)24-3)12-20-18(23)21-16-10-5-4-9-15(16)19/h4-11,17H,12H2,1-3H3,(H2,20,21,23). The van der Waals surface area contributed by atoms with Crippen molar-refractivity contribution >= 4 is 27.6 Å². The van der Waals surface area contributed by atoms with Crippen LogP contribution in [0.2, 0.25) is 0 Å². The van der Waals surface area contributed by atoms with Gasteiger partial charge in [0.2, 0.25) is 0 Å². The molecule has 1 unspecified atom stereocenters. The van der Waals surface area contributed by atoms with E-state index in [0.717, 1.165) is 21.5 Å². The Hall–Kier alpha value is -2.05. The number of nitrogens with zero attached hydrogens (tertiary/aromatic N) is 1. The lowest BCUT2D eigenvalue weighted by molar-refractivity contribution is 0.243. The van der Waals surface area contributed by atoms with Crippen LogP contribution in [0, 0.1) is 0 Å². The van der Waals surface area contributed by atoms with E-state index < -0.39 is 0 Å². The minimum absolute atomic E-state index is 0.0464. The summed E-state index contributed by atoms with van der Waals surface area (Å²) in [5, 5.41) is 5.76. The molecule has 0 bridgehead atoms. The molecule has 0 aliphatic carbocycles. The van der Waals surface area contributed by atoms with Gasteiger partial charge in [-0.2, -0.15) is 0 Å². The molecule has 24 heavy (non-hydrogen) atoms. The van der Waals surface area contributed by atoms with Crippen molar-refractivity contribution in [3.05, 3.63) is 58.6 Å². The Labute approximate surface area is 151 Å². The number of anilines is 1. The van der Waals surface area contributed by atoms with E-state index in [-0.39, 0.29) is 12.1 Å². The molecule has 0 spiro atoms. The maximum Gasteiger partial charge on any atom is 0.319 e. The van der Waals surface area contributed by atoms with Crippen LogP contribution in [-0.4, -0.2) is 38.7 Å². The zero-order valence-electron chi connectivity index (χ0n) is 14.0. The highest BCUT2D eigenvalue weighted by atomic mass is 79.9. The lowest BCUT2D eigenvalue weighted by atomic mass is 10.1. The van der Waals surface area contributed by atoms with Gasteiger partial charge in [-0.3, -0.25) is 0 Å². The second-order valence-corrected chi connectivity index (χ2v) is 6.43. The lowest BCUT2D eigenvalue weighted by Gasteiger charge is -2.25. The molecule has 0 aliphatic heterocycles. The van der Waals surface area contributed by atoms with Gasteiger partial charge in [0.05, 0.1) is 18.8 Å². The van der Waals surface area contributed by atoms with E-state index in [1.54, 1.807) is 7.11 Å². The molecule has 0 saturated heterocycles. The summed E-state index contributed by atoms with van der Waals surface area (Å²) in [6.45, 7) is 0.483. The number of hydrogen-bond acceptors (Lipinski definition) is 3. The number of rotatable bonds is 6.